The molecule has 0 aliphatic carbocycles. The molecule has 0 aliphatic heterocycles. The van der Waals surface area contributed by atoms with Gasteiger partial charge in [0, 0.05) is 17.1 Å². The minimum atomic E-state index is -0.495. The van der Waals surface area contributed by atoms with Gasteiger partial charge in [-0.3, -0.25) is 4.79 Å². The molecule has 5 heteroatoms. The van der Waals surface area contributed by atoms with Gasteiger partial charge in [-0.25, -0.2) is 0 Å². The molecule has 2 N–H and O–H groups in total. The standard InChI is InChI=1S/C13H18ClNO3/c1-13(2,3)18-12(17)8-15-7-9-10(14)5-4-6-11(9)16/h4-6,15-16H,7-8H2,1-3H3. The first-order chi connectivity index (χ1) is 8.29. The summed E-state index contributed by atoms with van der Waals surface area (Å²) in [6.07, 6.45) is 0. The Morgan fingerprint density at radius 1 is 1.44 bits per heavy atom. The second-order valence-corrected chi connectivity index (χ2v) is 5.33. The number of rotatable bonds is 4. The maximum absolute atomic E-state index is 11.4. The lowest BCUT2D eigenvalue weighted by molar-refractivity contribution is -0.153. The maximum Gasteiger partial charge on any atom is 0.320 e. The number of phenolic OH excluding ortho intramolecular Hbond substituents is 1. The first-order valence-electron chi connectivity index (χ1n) is 5.68. The quantitative estimate of drug-likeness (QED) is 0.826. The SMILES string of the molecule is CC(C)(C)OC(=O)CNCc1c(O)cccc1Cl. The first-order valence-corrected chi connectivity index (χ1v) is 6.06. The molecule has 0 fully saturated rings. The molecule has 0 atom stereocenters. The zero-order chi connectivity index (χ0) is 13.8. The van der Waals surface area contributed by atoms with E-state index in [2.05, 4.69) is 5.32 Å². The zero-order valence-electron chi connectivity index (χ0n) is 10.8. The van der Waals surface area contributed by atoms with Crippen molar-refractivity contribution in [2.45, 2.75) is 32.9 Å². The van der Waals surface area contributed by atoms with Crippen LogP contribution in [0.3, 0.4) is 0 Å². The summed E-state index contributed by atoms with van der Waals surface area (Å²) < 4.78 is 5.14. The number of carbonyl (C=O) groups excluding carboxylic acids is 1. The average molecular weight is 272 g/mol. The van der Waals surface area contributed by atoms with E-state index in [1.807, 2.05) is 20.8 Å². The van der Waals surface area contributed by atoms with Crippen molar-refractivity contribution in [3.8, 4) is 5.75 Å². The Morgan fingerprint density at radius 2 is 2.11 bits per heavy atom. The van der Waals surface area contributed by atoms with E-state index in [4.69, 9.17) is 16.3 Å². The normalized spacial score (nSPS) is 11.3. The topological polar surface area (TPSA) is 58.6 Å². The number of benzene rings is 1. The van der Waals surface area contributed by atoms with Crippen LogP contribution in [0, 0.1) is 0 Å². The lowest BCUT2D eigenvalue weighted by atomic mass is 10.2. The summed E-state index contributed by atoms with van der Waals surface area (Å²) >= 11 is 5.94. The third kappa shape index (κ3) is 4.94. The minimum absolute atomic E-state index is 0.0714. The molecule has 18 heavy (non-hydrogen) atoms. The van der Waals surface area contributed by atoms with Crippen LogP contribution in [0.2, 0.25) is 5.02 Å². The van der Waals surface area contributed by atoms with Crippen molar-refractivity contribution in [1.29, 1.82) is 0 Å². The highest BCUT2D eigenvalue weighted by atomic mass is 35.5. The molecule has 100 valence electrons. The molecular weight excluding hydrogens is 254 g/mol. The molecule has 0 aliphatic rings. The number of halogens is 1. The van der Waals surface area contributed by atoms with Gasteiger partial charge in [-0.15, -0.1) is 0 Å². The van der Waals surface area contributed by atoms with E-state index in [-0.39, 0.29) is 18.3 Å². The first kappa shape index (κ1) is 14.8. The number of esters is 1. The van der Waals surface area contributed by atoms with E-state index in [0.29, 0.717) is 17.1 Å². The van der Waals surface area contributed by atoms with Gasteiger partial charge in [-0.05, 0) is 32.9 Å². The largest absolute Gasteiger partial charge is 0.508 e. The van der Waals surface area contributed by atoms with Crippen LogP contribution in [-0.2, 0) is 16.1 Å². The minimum Gasteiger partial charge on any atom is -0.508 e. The van der Waals surface area contributed by atoms with Gasteiger partial charge >= 0.3 is 5.97 Å². The predicted octanol–water partition coefficient (Wildman–Crippen LogP) is 2.48. The van der Waals surface area contributed by atoms with Gasteiger partial charge in [0.25, 0.3) is 0 Å². The maximum atomic E-state index is 11.4. The van der Waals surface area contributed by atoms with E-state index >= 15 is 0 Å². The summed E-state index contributed by atoms with van der Waals surface area (Å²) in [6.45, 7) is 5.81. The monoisotopic (exact) mass is 271 g/mol. The fraction of sp³-hybridized carbons (Fsp3) is 0.462. The number of aromatic hydroxyl groups is 1. The summed E-state index contributed by atoms with van der Waals surface area (Å²) in [5, 5.41) is 13.0. The van der Waals surface area contributed by atoms with Gasteiger partial charge in [0.15, 0.2) is 0 Å². The van der Waals surface area contributed by atoms with E-state index in [1.54, 1.807) is 18.2 Å². The van der Waals surface area contributed by atoms with Gasteiger partial charge < -0.3 is 15.2 Å². The van der Waals surface area contributed by atoms with Gasteiger partial charge in [0.05, 0.1) is 6.54 Å². The molecule has 0 amide bonds. The fourth-order valence-corrected chi connectivity index (χ4v) is 1.63. The predicted molar refractivity (Wildman–Crippen MR) is 70.7 cm³/mol. The van der Waals surface area contributed by atoms with E-state index < -0.39 is 5.60 Å². The Labute approximate surface area is 112 Å². The molecule has 0 aromatic heterocycles. The third-order valence-corrected chi connectivity index (χ3v) is 2.44. The van der Waals surface area contributed by atoms with E-state index in [0.717, 1.165) is 0 Å². The third-order valence-electron chi connectivity index (χ3n) is 2.09. The van der Waals surface area contributed by atoms with Crippen molar-refractivity contribution in [1.82, 2.24) is 5.32 Å². The number of phenols is 1. The highest BCUT2D eigenvalue weighted by Gasteiger charge is 2.16. The highest BCUT2D eigenvalue weighted by Crippen LogP contribution is 2.24. The van der Waals surface area contributed by atoms with Crippen LogP contribution >= 0.6 is 11.6 Å². The second kappa shape index (κ2) is 6.07. The van der Waals surface area contributed by atoms with Crippen molar-refractivity contribution in [3.05, 3.63) is 28.8 Å². The Morgan fingerprint density at radius 3 is 2.67 bits per heavy atom. The number of hydrogen-bond donors (Lipinski definition) is 2. The lowest BCUT2D eigenvalue weighted by Crippen LogP contribution is -2.31. The molecule has 0 heterocycles. The highest BCUT2D eigenvalue weighted by molar-refractivity contribution is 6.31. The number of hydrogen-bond acceptors (Lipinski definition) is 4. The summed E-state index contributed by atoms with van der Waals surface area (Å²) in [6, 6.07) is 4.90. The number of carbonyl (C=O) groups is 1. The van der Waals surface area contributed by atoms with Crippen molar-refractivity contribution < 1.29 is 14.6 Å². The van der Waals surface area contributed by atoms with Gasteiger partial charge in [0.1, 0.15) is 11.4 Å². The van der Waals surface area contributed by atoms with Gasteiger partial charge in [0.2, 0.25) is 0 Å². The van der Waals surface area contributed by atoms with Crippen LogP contribution in [-0.4, -0.2) is 23.2 Å². The van der Waals surface area contributed by atoms with Crippen LogP contribution in [0.15, 0.2) is 18.2 Å². The summed E-state index contributed by atoms with van der Waals surface area (Å²) in [7, 11) is 0. The van der Waals surface area contributed by atoms with Crippen LogP contribution in [0.4, 0.5) is 0 Å². The lowest BCUT2D eigenvalue weighted by Gasteiger charge is -2.19. The van der Waals surface area contributed by atoms with Crippen LogP contribution in [0.1, 0.15) is 26.3 Å². The Balaban J connectivity index is 2.45. The molecule has 0 spiro atoms. The molecule has 0 bridgehead atoms. The molecular formula is C13H18ClNO3. The number of ether oxygens (including phenoxy) is 1. The van der Waals surface area contributed by atoms with Crippen LogP contribution in [0.5, 0.6) is 5.75 Å². The van der Waals surface area contributed by atoms with E-state index in [9.17, 15) is 9.90 Å². The van der Waals surface area contributed by atoms with Crippen molar-refractivity contribution in [2.24, 2.45) is 0 Å². The van der Waals surface area contributed by atoms with E-state index in [1.165, 1.54) is 0 Å². The van der Waals surface area contributed by atoms with Crippen molar-refractivity contribution in [2.75, 3.05) is 6.54 Å². The summed E-state index contributed by atoms with van der Waals surface area (Å²) in [5.41, 5.74) is 0.0772. The Hall–Kier alpha value is -1.26. The molecule has 0 unspecified atom stereocenters. The van der Waals surface area contributed by atoms with Crippen molar-refractivity contribution in [3.63, 3.8) is 0 Å². The fourth-order valence-electron chi connectivity index (χ4n) is 1.39. The molecule has 1 rings (SSSR count). The van der Waals surface area contributed by atoms with Gasteiger partial charge in [-0.1, -0.05) is 17.7 Å². The second-order valence-electron chi connectivity index (χ2n) is 4.93. The summed E-state index contributed by atoms with van der Waals surface area (Å²) in [5.74, 6) is -0.228. The van der Waals surface area contributed by atoms with Gasteiger partial charge in [-0.2, -0.15) is 0 Å². The number of nitrogens with one attached hydrogen (secondary N) is 1. The molecule has 0 saturated carbocycles. The van der Waals surface area contributed by atoms with Crippen molar-refractivity contribution >= 4 is 17.6 Å². The smallest absolute Gasteiger partial charge is 0.320 e. The summed E-state index contributed by atoms with van der Waals surface area (Å²) in [4.78, 5) is 11.4. The van der Waals surface area contributed by atoms with Crippen LogP contribution < -0.4 is 5.32 Å². The molecule has 1 aromatic rings. The zero-order valence-corrected chi connectivity index (χ0v) is 11.5. The molecule has 0 radical (unpaired) electrons. The molecule has 0 saturated heterocycles. The Kier molecular flexibility index (Phi) is 4.99. The molecule has 4 nitrogen and oxygen atoms in total. The average Bonchev–Trinajstić information content (AvgIpc) is 2.19. The van der Waals surface area contributed by atoms with Crippen LogP contribution in [0.25, 0.3) is 0 Å². The Bertz CT molecular complexity index is 406. The molecule has 1 aromatic carbocycles.